The number of nitrogens with one attached hydrogen (secondary N) is 1. The van der Waals surface area contributed by atoms with E-state index in [1.165, 1.54) is 13.2 Å². The van der Waals surface area contributed by atoms with E-state index >= 15 is 0 Å². The first-order chi connectivity index (χ1) is 20.0. The standard InChI is InChI=1S/C31H28ClN5O4/c1-39-25-8-3-21(4-9-25)5-11-29(38)22-6-12-30(31(17-22)40-2)41-20-24-19-37(36-35-24)16-15-34-27-13-14-33-28-18-23(32)7-10-26(27)28/h3-14,17-19H,15-16,20H2,1-2H3,(H,33,34)/b11-5+. The van der Waals surface area contributed by atoms with Crippen molar-refractivity contribution >= 4 is 40.1 Å². The average Bonchev–Trinajstić information content (AvgIpc) is 3.46. The van der Waals surface area contributed by atoms with E-state index in [-0.39, 0.29) is 12.4 Å². The second-order valence-electron chi connectivity index (χ2n) is 9.04. The lowest BCUT2D eigenvalue weighted by Crippen LogP contribution is -2.11. The molecular weight excluding hydrogens is 542 g/mol. The number of nitrogens with zero attached hydrogens (tertiary/aromatic N) is 4. The molecule has 0 aliphatic carbocycles. The zero-order valence-electron chi connectivity index (χ0n) is 22.6. The van der Waals surface area contributed by atoms with Gasteiger partial charge in [-0.2, -0.15) is 0 Å². The number of ketones is 1. The van der Waals surface area contributed by atoms with Gasteiger partial charge in [0.15, 0.2) is 17.3 Å². The number of fused-ring (bicyclic) bond motifs is 1. The average molecular weight is 570 g/mol. The molecule has 2 aromatic heterocycles. The van der Waals surface area contributed by atoms with E-state index in [4.69, 9.17) is 25.8 Å². The number of allylic oxidation sites excluding steroid dienone is 1. The summed E-state index contributed by atoms with van der Waals surface area (Å²) in [6, 6.07) is 20.1. The van der Waals surface area contributed by atoms with E-state index in [0.29, 0.717) is 40.9 Å². The Morgan fingerprint density at radius 1 is 1.00 bits per heavy atom. The van der Waals surface area contributed by atoms with Gasteiger partial charge >= 0.3 is 0 Å². The highest BCUT2D eigenvalue weighted by Crippen LogP contribution is 2.29. The lowest BCUT2D eigenvalue weighted by molar-refractivity contribution is 0.104. The fourth-order valence-electron chi connectivity index (χ4n) is 4.17. The van der Waals surface area contributed by atoms with Gasteiger partial charge in [-0.3, -0.25) is 14.5 Å². The topological polar surface area (TPSA) is 100 Å². The number of carbonyl (C=O) groups is 1. The second-order valence-corrected chi connectivity index (χ2v) is 9.48. The van der Waals surface area contributed by atoms with Crippen LogP contribution >= 0.6 is 11.6 Å². The number of pyridine rings is 1. The van der Waals surface area contributed by atoms with Crippen molar-refractivity contribution in [2.45, 2.75) is 13.2 Å². The highest BCUT2D eigenvalue weighted by molar-refractivity contribution is 6.31. The zero-order valence-corrected chi connectivity index (χ0v) is 23.3. The number of carbonyl (C=O) groups excluding carboxylic acids is 1. The van der Waals surface area contributed by atoms with Crippen molar-refractivity contribution in [2.75, 3.05) is 26.1 Å². The summed E-state index contributed by atoms with van der Waals surface area (Å²) < 4.78 is 18.3. The van der Waals surface area contributed by atoms with Gasteiger partial charge in [0, 0.05) is 34.4 Å². The third-order valence-electron chi connectivity index (χ3n) is 6.31. The maximum absolute atomic E-state index is 12.7. The number of aromatic nitrogens is 4. The van der Waals surface area contributed by atoms with E-state index in [1.807, 2.05) is 54.7 Å². The highest BCUT2D eigenvalue weighted by atomic mass is 35.5. The Bertz CT molecular complexity index is 1680. The van der Waals surface area contributed by atoms with Crippen molar-refractivity contribution in [3.63, 3.8) is 0 Å². The van der Waals surface area contributed by atoms with Crippen molar-refractivity contribution < 1.29 is 19.0 Å². The van der Waals surface area contributed by atoms with Gasteiger partial charge in [-0.1, -0.05) is 35.0 Å². The predicted molar refractivity (Wildman–Crippen MR) is 159 cm³/mol. The minimum atomic E-state index is -0.147. The van der Waals surface area contributed by atoms with Gasteiger partial charge in [-0.15, -0.1) is 5.10 Å². The van der Waals surface area contributed by atoms with E-state index in [2.05, 4.69) is 20.6 Å². The molecule has 0 saturated heterocycles. The zero-order chi connectivity index (χ0) is 28.6. The van der Waals surface area contributed by atoms with Crippen molar-refractivity contribution in [2.24, 2.45) is 0 Å². The number of hydrogen-bond acceptors (Lipinski definition) is 8. The Morgan fingerprint density at radius 2 is 1.85 bits per heavy atom. The predicted octanol–water partition coefficient (Wildman–Crippen LogP) is 6.08. The quantitative estimate of drug-likeness (QED) is 0.142. The van der Waals surface area contributed by atoms with Gasteiger partial charge < -0.3 is 19.5 Å². The van der Waals surface area contributed by atoms with Crippen LogP contribution < -0.4 is 19.5 Å². The minimum absolute atomic E-state index is 0.147. The third kappa shape index (κ3) is 7.01. The van der Waals surface area contributed by atoms with Gasteiger partial charge in [0.1, 0.15) is 18.1 Å². The molecule has 0 aliphatic rings. The maximum atomic E-state index is 12.7. The molecule has 0 spiro atoms. The number of anilines is 1. The fraction of sp³-hybridized carbons (Fsp3) is 0.161. The molecule has 9 nitrogen and oxygen atoms in total. The first-order valence-corrected chi connectivity index (χ1v) is 13.2. The SMILES string of the molecule is COc1ccc(/C=C/C(=O)c2ccc(OCc3cn(CCNc4ccnc5cc(Cl)ccc45)nn3)c(OC)c2)cc1. The van der Waals surface area contributed by atoms with Crippen LogP contribution in [0.15, 0.2) is 85.2 Å². The molecule has 1 N–H and O–H groups in total. The normalized spacial score (nSPS) is 11.1. The first-order valence-electron chi connectivity index (χ1n) is 12.9. The highest BCUT2D eigenvalue weighted by Gasteiger charge is 2.11. The molecule has 0 bridgehead atoms. The maximum Gasteiger partial charge on any atom is 0.185 e. The molecular formula is C31H28ClN5O4. The first kappa shape index (κ1) is 27.7. The number of benzene rings is 3. The smallest absolute Gasteiger partial charge is 0.185 e. The Labute approximate surface area is 242 Å². The summed E-state index contributed by atoms with van der Waals surface area (Å²) in [6.07, 6.45) is 6.87. The van der Waals surface area contributed by atoms with E-state index in [9.17, 15) is 4.79 Å². The van der Waals surface area contributed by atoms with Crippen LogP contribution in [-0.2, 0) is 13.2 Å². The van der Waals surface area contributed by atoms with Crippen LogP contribution in [-0.4, -0.2) is 46.5 Å². The molecule has 0 saturated carbocycles. The molecule has 2 heterocycles. The molecule has 10 heteroatoms. The van der Waals surface area contributed by atoms with E-state index < -0.39 is 0 Å². The molecule has 0 aliphatic heterocycles. The van der Waals surface area contributed by atoms with E-state index in [1.54, 1.807) is 42.3 Å². The number of methoxy groups -OCH3 is 2. The van der Waals surface area contributed by atoms with Crippen LogP contribution in [0.1, 0.15) is 21.6 Å². The van der Waals surface area contributed by atoms with Gasteiger partial charge in [0.05, 0.1) is 32.5 Å². The molecule has 41 heavy (non-hydrogen) atoms. The largest absolute Gasteiger partial charge is 0.497 e. The summed E-state index contributed by atoms with van der Waals surface area (Å²) in [6.45, 7) is 1.44. The van der Waals surface area contributed by atoms with Gasteiger partial charge in [-0.05, 0) is 66.2 Å². The fourth-order valence-corrected chi connectivity index (χ4v) is 4.34. The van der Waals surface area contributed by atoms with Crippen LogP contribution in [0.5, 0.6) is 17.2 Å². The second kappa shape index (κ2) is 13.0. The molecule has 0 unspecified atom stereocenters. The molecule has 0 atom stereocenters. The van der Waals surface area contributed by atoms with Gasteiger partial charge in [0.25, 0.3) is 0 Å². The number of hydrogen-bond donors (Lipinski definition) is 1. The summed E-state index contributed by atoms with van der Waals surface area (Å²) in [5.41, 5.74) is 3.85. The summed E-state index contributed by atoms with van der Waals surface area (Å²) >= 11 is 6.08. The van der Waals surface area contributed by atoms with Crippen LogP contribution in [0.3, 0.4) is 0 Å². The van der Waals surface area contributed by atoms with Crippen LogP contribution in [0.25, 0.3) is 17.0 Å². The number of rotatable bonds is 12. The van der Waals surface area contributed by atoms with Crippen LogP contribution in [0.2, 0.25) is 5.02 Å². The van der Waals surface area contributed by atoms with Gasteiger partial charge in [-0.25, -0.2) is 0 Å². The van der Waals surface area contributed by atoms with Crippen LogP contribution in [0, 0.1) is 0 Å². The number of halogens is 1. The Kier molecular flexibility index (Phi) is 8.76. The molecule has 5 rings (SSSR count). The molecule has 0 amide bonds. The molecule has 0 fully saturated rings. The summed E-state index contributed by atoms with van der Waals surface area (Å²) in [4.78, 5) is 17.1. The minimum Gasteiger partial charge on any atom is -0.497 e. The monoisotopic (exact) mass is 569 g/mol. The van der Waals surface area contributed by atoms with Crippen LogP contribution in [0.4, 0.5) is 5.69 Å². The third-order valence-corrected chi connectivity index (χ3v) is 6.55. The van der Waals surface area contributed by atoms with Crippen molar-refractivity contribution in [1.29, 1.82) is 0 Å². The summed E-state index contributed by atoms with van der Waals surface area (Å²) in [5, 5.41) is 13.5. The van der Waals surface area contributed by atoms with Crippen molar-refractivity contribution in [1.82, 2.24) is 20.0 Å². The lowest BCUT2D eigenvalue weighted by atomic mass is 10.1. The Hall–Kier alpha value is -4.89. The Morgan fingerprint density at radius 3 is 2.66 bits per heavy atom. The summed E-state index contributed by atoms with van der Waals surface area (Å²) in [5.74, 6) is 1.57. The van der Waals surface area contributed by atoms with E-state index in [0.717, 1.165) is 27.9 Å². The molecule has 5 aromatic rings. The van der Waals surface area contributed by atoms with Crippen molar-refractivity contribution in [3.05, 3.63) is 107 Å². The van der Waals surface area contributed by atoms with Crippen molar-refractivity contribution in [3.8, 4) is 17.2 Å². The van der Waals surface area contributed by atoms with Gasteiger partial charge in [0.2, 0.25) is 0 Å². The summed E-state index contributed by atoms with van der Waals surface area (Å²) in [7, 11) is 3.15. The molecule has 0 radical (unpaired) electrons. The molecule has 208 valence electrons. The molecule has 3 aromatic carbocycles. The number of ether oxygens (including phenoxy) is 3. The lowest BCUT2D eigenvalue weighted by Gasteiger charge is -2.10. The Balaban J connectivity index is 1.15.